The van der Waals surface area contributed by atoms with Gasteiger partial charge in [0.25, 0.3) is 0 Å². The molecule has 4 heteroatoms. The molecule has 0 N–H and O–H groups in total. The van der Waals surface area contributed by atoms with E-state index in [2.05, 4.69) is 4.42 Å². The number of hydrogen-bond donors (Lipinski definition) is 0. The zero-order valence-corrected chi connectivity index (χ0v) is 5.16. The van der Waals surface area contributed by atoms with Gasteiger partial charge in [-0.05, 0) is 6.26 Å². The van der Waals surface area contributed by atoms with Crippen molar-refractivity contribution in [2.45, 2.75) is 0 Å². The van der Waals surface area contributed by atoms with Crippen molar-refractivity contribution in [1.29, 1.82) is 0 Å². The second-order valence-electron chi connectivity index (χ2n) is 1.19. The SMILES string of the molecule is [O-]c1occ(Cl)c1Cl. The maximum atomic E-state index is 10.3. The lowest BCUT2D eigenvalue weighted by Crippen LogP contribution is -1.84. The molecule has 8 heavy (non-hydrogen) atoms. The second-order valence-corrected chi connectivity index (χ2v) is 1.97. The van der Waals surface area contributed by atoms with Crippen molar-refractivity contribution in [3.63, 3.8) is 0 Å². The fourth-order valence-corrected chi connectivity index (χ4v) is 0.517. The summed E-state index contributed by atoms with van der Waals surface area (Å²) in [5.74, 6) is -0.586. The van der Waals surface area contributed by atoms with Gasteiger partial charge in [0.05, 0.1) is 16.0 Å². The van der Waals surface area contributed by atoms with E-state index < -0.39 is 5.95 Å². The summed E-state index contributed by atoms with van der Waals surface area (Å²) in [6, 6.07) is 0. The van der Waals surface area contributed by atoms with E-state index in [1.54, 1.807) is 0 Å². The van der Waals surface area contributed by atoms with Crippen molar-refractivity contribution in [2.75, 3.05) is 0 Å². The van der Waals surface area contributed by atoms with E-state index in [1.807, 2.05) is 0 Å². The summed E-state index contributed by atoms with van der Waals surface area (Å²) >= 11 is 10.6. The summed E-state index contributed by atoms with van der Waals surface area (Å²) in [5, 5.41) is 10.4. The number of rotatable bonds is 0. The molecule has 0 aliphatic carbocycles. The van der Waals surface area contributed by atoms with Gasteiger partial charge in [-0.2, -0.15) is 0 Å². The van der Waals surface area contributed by atoms with Gasteiger partial charge < -0.3 is 9.52 Å². The van der Waals surface area contributed by atoms with Gasteiger partial charge in [-0.15, -0.1) is 0 Å². The fraction of sp³-hybridized carbons (Fsp3) is 0. The smallest absolute Gasteiger partial charge is 0.0818 e. The van der Waals surface area contributed by atoms with Crippen molar-refractivity contribution < 1.29 is 9.52 Å². The lowest BCUT2D eigenvalue weighted by atomic mass is 10.6. The lowest BCUT2D eigenvalue weighted by Gasteiger charge is -1.89. The minimum absolute atomic E-state index is 0.0494. The summed E-state index contributed by atoms with van der Waals surface area (Å²) in [6.45, 7) is 0. The molecule has 0 saturated heterocycles. The highest BCUT2D eigenvalue weighted by Gasteiger charge is 1.96. The van der Waals surface area contributed by atoms with E-state index in [1.165, 1.54) is 0 Å². The van der Waals surface area contributed by atoms with Crippen LogP contribution in [0.15, 0.2) is 10.7 Å². The predicted molar refractivity (Wildman–Crippen MR) is 28.2 cm³/mol. The highest BCUT2D eigenvalue weighted by atomic mass is 35.5. The van der Waals surface area contributed by atoms with Gasteiger partial charge in [-0.1, -0.05) is 23.2 Å². The zero-order chi connectivity index (χ0) is 6.15. The standard InChI is InChI=1S/C4H2Cl2O2/c5-2-1-8-4(7)3(2)6/h1,7H/p-1. The summed E-state index contributed by atoms with van der Waals surface area (Å²) < 4.78 is 4.28. The molecule has 1 heterocycles. The van der Waals surface area contributed by atoms with Crippen molar-refractivity contribution in [3.8, 4) is 5.95 Å². The molecule has 1 aromatic rings. The van der Waals surface area contributed by atoms with E-state index in [0.717, 1.165) is 6.26 Å². The quantitative estimate of drug-likeness (QED) is 0.566. The van der Waals surface area contributed by atoms with Crippen molar-refractivity contribution in [3.05, 3.63) is 16.3 Å². The van der Waals surface area contributed by atoms with Crippen LogP contribution in [0.4, 0.5) is 0 Å². The summed E-state index contributed by atoms with van der Waals surface area (Å²) in [7, 11) is 0. The summed E-state index contributed by atoms with van der Waals surface area (Å²) in [5.41, 5.74) is 0. The Kier molecular flexibility index (Phi) is 1.36. The van der Waals surface area contributed by atoms with E-state index in [4.69, 9.17) is 23.2 Å². The number of hydrogen-bond acceptors (Lipinski definition) is 2. The Morgan fingerprint density at radius 1 is 1.50 bits per heavy atom. The molecular formula is C4HCl2O2-. The van der Waals surface area contributed by atoms with Gasteiger partial charge in [0.1, 0.15) is 0 Å². The Labute approximate surface area is 55.6 Å². The molecule has 0 atom stereocenters. The molecule has 0 saturated carbocycles. The Hall–Kier alpha value is -0.340. The van der Waals surface area contributed by atoms with E-state index >= 15 is 0 Å². The molecule has 44 valence electrons. The predicted octanol–water partition coefficient (Wildman–Crippen LogP) is 1.66. The van der Waals surface area contributed by atoms with Crippen LogP contribution in [0.3, 0.4) is 0 Å². The Balaban J connectivity index is 3.19. The highest BCUT2D eigenvalue weighted by Crippen LogP contribution is 2.30. The third kappa shape index (κ3) is 0.767. The topological polar surface area (TPSA) is 36.2 Å². The van der Waals surface area contributed by atoms with Gasteiger partial charge in [0.2, 0.25) is 0 Å². The average Bonchev–Trinajstić information content (AvgIpc) is 1.98. The maximum Gasteiger partial charge on any atom is 0.0818 e. The monoisotopic (exact) mass is 151 g/mol. The zero-order valence-electron chi connectivity index (χ0n) is 3.65. The van der Waals surface area contributed by atoms with Crippen LogP contribution in [0.5, 0.6) is 5.95 Å². The average molecular weight is 152 g/mol. The van der Waals surface area contributed by atoms with Crippen LogP contribution in [0.25, 0.3) is 0 Å². The van der Waals surface area contributed by atoms with E-state index in [-0.39, 0.29) is 10.0 Å². The molecule has 0 aliphatic rings. The summed E-state index contributed by atoms with van der Waals surface area (Å²) in [6.07, 6.45) is 1.10. The van der Waals surface area contributed by atoms with Crippen LogP contribution in [0.1, 0.15) is 0 Å². The largest absolute Gasteiger partial charge is 0.585 e. The molecule has 0 amide bonds. The Bertz CT molecular complexity index is 174. The molecule has 0 bridgehead atoms. The van der Waals surface area contributed by atoms with E-state index in [9.17, 15) is 5.11 Å². The molecule has 0 spiro atoms. The lowest BCUT2D eigenvalue weighted by molar-refractivity contribution is -0.293. The molecule has 0 fully saturated rings. The van der Waals surface area contributed by atoms with Gasteiger partial charge in [-0.3, -0.25) is 0 Å². The van der Waals surface area contributed by atoms with Crippen LogP contribution < -0.4 is 5.11 Å². The van der Waals surface area contributed by atoms with Crippen LogP contribution in [-0.2, 0) is 0 Å². The molecule has 0 aromatic carbocycles. The molecule has 2 nitrogen and oxygen atoms in total. The van der Waals surface area contributed by atoms with Crippen molar-refractivity contribution in [1.82, 2.24) is 0 Å². The molecule has 0 unspecified atom stereocenters. The fourth-order valence-electron chi connectivity index (χ4n) is 0.306. The number of furan rings is 1. The molecule has 0 aliphatic heterocycles. The van der Waals surface area contributed by atoms with Gasteiger partial charge in [0, 0.05) is 0 Å². The first-order valence-corrected chi connectivity index (χ1v) is 2.57. The van der Waals surface area contributed by atoms with Crippen molar-refractivity contribution in [2.24, 2.45) is 0 Å². The third-order valence-corrected chi connectivity index (χ3v) is 1.39. The maximum absolute atomic E-state index is 10.3. The van der Waals surface area contributed by atoms with E-state index in [0.29, 0.717) is 0 Å². The van der Waals surface area contributed by atoms with Crippen LogP contribution in [0, 0.1) is 0 Å². The second kappa shape index (κ2) is 1.88. The minimum Gasteiger partial charge on any atom is -0.585 e. The van der Waals surface area contributed by atoms with Crippen LogP contribution in [-0.4, -0.2) is 0 Å². The first kappa shape index (κ1) is 5.79. The van der Waals surface area contributed by atoms with Gasteiger partial charge in [-0.25, -0.2) is 0 Å². The minimum atomic E-state index is -0.586. The Morgan fingerprint density at radius 2 is 2.12 bits per heavy atom. The number of halogens is 2. The first-order valence-electron chi connectivity index (χ1n) is 1.81. The first-order chi connectivity index (χ1) is 3.72. The van der Waals surface area contributed by atoms with Gasteiger partial charge in [0.15, 0.2) is 0 Å². The third-order valence-electron chi connectivity index (χ3n) is 0.658. The summed E-state index contributed by atoms with van der Waals surface area (Å²) in [4.78, 5) is 0. The van der Waals surface area contributed by atoms with Gasteiger partial charge >= 0.3 is 0 Å². The van der Waals surface area contributed by atoms with Crippen LogP contribution in [0.2, 0.25) is 10.0 Å². The normalized spacial score (nSPS) is 9.75. The van der Waals surface area contributed by atoms with Crippen molar-refractivity contribution >= 4 is 23.2 Å². The van der Waals surface area contributed by atoms with Crippen LogP contribution >= 0.6 is 23.2 Å². The molecular weight excluding hydrogens is 151 g/mol. The molecule has 1 aromatic heterocycles. The Morgan fingerprint density at radius 3 is 2.25 bits per heavy atom. The molecule has 1 rings (SSSR count). The highest BCUT2D eigenvalue weighted by molar-refractivity contribution is 6.42. The molecule has 0 radical (unpaired) electrons.